The fraction of sp³-hybridized carbons (Fsp3) is 0.158. The summed E-state index contributed by atoms with van der Waals surface area (Å²) in [6.07, 6.45) is 1.58. The van der Waals surface area contributed by atoms with Gasteiger partial charge in [0.05, 0.1) is 18.6 Å². The van der Waals surface area contributed by atoms with E-state index >= 15 is 0 Å². The SMILES string of the molecule is CCOc1ccccc1C=NNC(=O)CSc1nnc(-c2ccccc2)s1. The number of hydrogen-bond donors (Lipinski definition) is 1. The molecule has 138 valence electrons. The van der Waals surface area contributed by atoms with Gasteiger partial charge in [-0.1, -0.05) is 65.6 Å². The van der Waals surface area contributed by atoms with Gasteiger partial charge < -0.3 is 4.74 Å². The smallest absolute Gasteiger partial charge is 0.250 e. The third kappa shape index (κ3) is 5.63. The van der Waals surface area contributed by atoms with Crippen molar-refractivity contribution in [2.75, 3.05) is 12.4 Å². The molecule has 0 saturated heterocycles. The van der Waals surface area contributed by atoms with Crippen LogP contribution in [-0.4, -0.2) is 34.7 Å². The Morgan fingerprint density at radius 3 is 2.78 bits per heavy atom. The molecule has 0 bridgehead atoms. The molecule has 2 aromatic carbocycles. The zero-order valence-corrected chi connectivity index (χ0v) is 16.3. The standard InChI is InChI=1S/C19H18N4O2S2/c1-2-25-16-11-7-6-10-15(16)12-20-21-17(24)13-26-19-23-22-18(27-19)14-8-4-3-5-9-14/h3-12H,2,13H2,1H3,(H,21,24). The van der Waals surface area contributed by atoms with Gasteiger partial charge in [0.1, 0.15) is 10.8 Å². The molecule has 0 fully saturated rings. The summed E-state index contributed by atoms with van der Waals surface area (Å²) in [6.45, 7) is 2.49. The maximum atomic E-state index is 12.0. The first-order valence-corrected chi connectivity index (χ1v) is 10.1. The van der Waals surface area contributed by atoms with Crippen LogP contribution in [0.5, 0.6) is 5.75 Å². The number of nitrogens with one attached hydrogen (secondary N) is 1. The van der Waals surface area contributed by atoms with E-state index in [2.05, 4.69) is 20.7 Å². The highest BCUT2D eigenvalue weighted by atomic mass is 32.2. The number of hydrazone groups is 1. The first-order chi connectivity index (χ1) is 13.3. The van der Waals surface area contributed by atoms with Crippen LogP contribution in [0.2, 0.25) is 0 Å². The van der Waals surface area contributed by atoms with Crippen molar-refractivity contribution in [3.8, 4) is 16.3 Å². The van der Waals surface area contributed by atoms with Crippen LogP contribution >= 0.6 is 23.1 Å². The number of ether oxygens (including phenoxy) is 1. The number of para-hydroxylation sites is 1. The molecule has 1 N–H and O–H groups in total. The van der Waals surface area contributed by atoms with Crippen molar-refractivity contribution in [2.45, 2.75) is 11.3 Å². The Morgan fingerprint density at radius 1 is 1.19 bits per heavy atom. The largest absolute Gasteiger partial charge is 0.493 e. The van der Waals surface area contributed by atoms with Crippen LogP contribution < -0.4 is 10.2 Å². The number of aromatic nitrogens is 2. The Labute approximate surface area is 165 Å². The number of nitrogens with zero attached hydrogens (tertiary/aromatic N) is 3. The lowest BCUT2D eigenvalue weighted by molar-refractivity contribution is -0.118. The van der Waals surface area contributed by atoms with Crippen LogP contribution in [0, 0.1) is 0 Å². The third-order valence-electron chi connectivity index (χ3n) is 3.37. The summed E-state index contributed by atoms with van der Waals surface area (Å²) in [5, 5.41) is 13.1. The van der Waals surface area contributed by atoms with Crippen LogP contribution in [0.3, 0.4) is 0 Å². The number of thioether (sulfide) groups is 1. The lowest BCUT2D eigenvalue weighted by atomic mass is 10.2. The lowest BCUT2D eigenvalue weighted by Crippen LogP contribution is -2.19. The van der Waals surface area contributed by atoms with Crippen molar-refractivity contribution < 1.29 is 9.53 Å². The third-order valence-corrected chi connectivity index (χ3v) is 5.47. The van der Waals surface area contributed by atoms with Crippen LogP contribution in [0.4, 0.5) is 0 Å². The van der Waals surface area contributed by atoms with Crippen LogP contribution in [-0.2, 0) is 4.79 Å². The highest BCUT2D eigenvalue weighted by Gasteiger charge is 2.09. The van der Waals surface area contributed by atoms with Crippen molar-refractivity contribution in [1.29, 1.82) is 0 Å². The first-order valence-electron chi connectivity index (χ1n) is 8.31. The molecule has 3 rings (SSSR count). The highest BCUT2D eigenvalue weighted by Crippen LogP contribution is 2.28. The van der Waals surface area contributed by atoms with E-state index in [1.807, 2.05) is 61.5 Å². The summed E-state index contributed by atoms with van der Waals surface area (Å²) in [4.78, 5) is 12.0. The predicted octanol–water partition coefficient (Wildman–Crippen LogP) is 3.85. The van der Waals surface area contributed by atoms with Gasteiger partial charge in [-0.3, -0.25) is 4.79 Å². The van der Waals surface area contributed by atoms with Gasteiger partial charge in [-0.2, -0.15) is 5.10 Å². The molecule has 1 heterocycles. The molecule has 8 heteroatoms. The van der Waals surface area contributed by atoms with E-state index in [0.29, 0.717) is 6.61 Å². The monoisotopic (exact) mass is 398 g/mol. The summed E-state index contributed by atoms with van der Waals surface area (Å²) >= 11 is 2.80. The summed E-state index contributed by atoms with van der Waals surface area (Å²) in [7, 11) is 0. The van der Waals surface area contributed by atoms with Gasteiger partial charge in [0.25, 0.3) is 5.91 Å². The average molecular weight is 399 g/mol. The van der Waals surface area contributed by atoms with E-state index in [1.165, 1.54) is 23.1 Å². The minimum Gasteiger partial charge on any atom is -0.493 e. The molecule has 0 aliphatic rings. The Balaban J connectivity index is 1.50. The minimum atomic E-state index is -0.207. The number of carbonyl (C=O) groups excluding carboxylic acids is 1. The molecule has 1 amide bonds. The molecule has 0 unspecified atom stereocenters. The summed E-state index contributed by atoms with van der Waals surface area (Å²) < 4.78 is 6.26. The highest BCUT2D eigenvalue weighted by molar-refractivity contribution is 8.01. The number of carbonyl (C=O) groups is 1. The van der Waals surface area contributed by atoms with E-state index in [4.69, 9.17) is 4.74 Å². The van der Waals surface area contributed by atoms with Crippen molar-refractivity contribution in [3.05, 3.63) is 60.2 Å². The number of benzene rings is 2. The van der Waals surface area contributed by atoms with Crippen molar-refractivity contribution in [3.63, 3.8) is 0 Å². The lowest BCUT2D eigenvalue weighted by Gasteiger charge is -2.05. The zero-order chi connectivity index (χ0) is 18.9. The number of amides is 1. The quantitative estimate of drug-likeness (QED) is 0.354. The van der Waals surface area contributed by atoms with E-state index in [0.717, 1.165) is 26.2 Å². The Bertz CT molecular complexity index is 913. The minimum absolute atomic E-state index is 0.207. The average Bonchev–Trinajstić information content (AvgIpc) is 3.18. The molecule has 0 aliphatic heterocycles. The molecule has 27 heavy (non-hydrogen) atoms. The predicted molar refractivity (Wildman–Crippen MR) is 109 cm³/mol. The molecule has 6 nitrogen and oxygen atoms in total. The van der Waals surface area contributed by atoms with Gasteiger partial charge >= 0.3 is 0 Å². The molecule has 0 aliphatic carbocycles. The molecular weight excluding hydrogens is 380 g/mol. The maximum absolute atomic E-state index is 12.0. The van der Waals surface area contributed by atoms with Gasteiger partial charge in [0, 0.05) is 11.1 Å². The van der Waals surface area contributed by atoms with Crippen LogP contribution in [0.15, 0.2) is 64.0 Å². The second-order valence-corrected chi connectivity index (χ2v) is 7.49. The van der Waals surface area contributed by atoms with E-state index in [-0.39, 0.29) is 11.7 Å². The fourth-order valence-electron chi connectivity index (χ4n) is 2.17. The second-order valence-electron chi connectivity index (χ2n) is 5.29. The summed E-state index contributed by atoms with van der Waals surface area (Å²) in [6, 6.07) is 17.4. The molecule has 0 saturated carbocycles. The molecule has 0 spiro atoms. The normalized spacial score (nSPS) is 10.9. The Hall–Kier alpha value is -2.71. The maximum Gasteiger partial charge on any atom is 0.250 e. The second kappa shape index (κ2) is 9.84. The fourth-order valence-corrected chi connectivity index (χ4v) is 3.82. The van der Waals surface area contributed by atoms with E-state index < -0.39 is 0 Å². The van der Waals surface area contributed by atoms with Crippen molar-refractivity contribution in [1.82, 2.24) is 15.6 Å². The van der Waals surface area contributed by atoms with E-state index in [9.17, 15) is 4.79 Å². The van der Waals surface area contributed by atoms with Gasteiger partial charge in [0.2, 0.25) is 0 Å². The molecule has 1 aromatic heterocycles. The summed E-state index contributed by atoms with van der Waals surface area (Å²) in [5.74, 6) is 0.740. The molecule has 0 radical (unpaired) electrons. The number of rotatable bonds is 8. The number of hydrogen-bond acceptors (Lipinski definition) is 7. The van der Waals surface area contributed by atoms with Crippen molar-refractivity contribution >= 4 is 35.2 Å². The first kappa shape index (κ1) is 19.1. The van der Waals surface area contributed by atoms with Gasteiger partial charge in [-0.05, 0) is 19.1 Å². The van der Waals surface area contributed by atoms with Gasteiger partial charge in [-0.15, -0.1) is 10.2 Å². The topological polar surface area (TPSA) is 76.5 Å². The van der Waals surface area contributed by atoms with Crippen LogP contribution in [0.1, 0.15) is 12.5 Å². The van der Waals surface area contributed by atoms with Crippen molar-refractivity contribution in [2.24, 2.45) is 5.10 Å². The molecule has 3 aromatic rings. The summed E-state index contributed by atoms with van der Waals surface area (Å²) in [5.41, 5.74) is 4.35. The molecular formula is C19H18N4O2S2. The van der Waals surface area contributed by atoms with Crippen LogP contribution in [0.25, 0.3) is 10.6 Å². The Morgan fingerprint density at radius 2 is 1.96 bits per heavy atom. The molecule has 0 atom stereocenters. The van der Waals surface area contributed by atoms with Gasteiger partial charge in [-0.25, -0.2) is 5.43 Å². The Kier molecular flexibility index (Phi) is 6.95. The zero-order valence-electron chi connectivity index (χ0n) is 14.7. The van der Waals surface area contributed by atoms with Gasteiger partial charge in [0.15, 0.2) is 4.34 Å². The van der Waals surface area contributed by atoms with E-state index in [1.54, 1.807) is 6.21 Å².